The second-order valence-corrected chi connectivity index (χ2v) is 6.96. The molecule has 3 nitrogen and oxygen atoms in total. The van der Waals surface area contributed by atoms with Crippen LogP contribution < -0.4 is 5.32 Å². The van der Waals surface area contributed by atoms with Crippen molar-refractivity contribution in [3.63, 3.8) is 0 Å². The maximum atomic E-state index is 12.5. The average molecular weight is 309 g/mol. The van der Waals surface area contributed by atoms with Crippen molar-refractivity contribution in [3.05, 3.63) is 59.2 Å². The molecule has 0 spiro atoms. The molecule has 0 atom stereocenters. The fraction of sp³-hybridized carbons (Fsp3) is 0.350. The lowest BCUT2D eigenvalue weighted by Crippen LogP contribution is -2.19. The highest BCUT2D eigenvalue weighted by molar-refractivity contribution is 6.04. The van der Waals surface area contributed by atoms with Crippen LogP contribution in [0.2, 0.25) is 0 Å². The van der Waals surface area contributed by atoms with Crippen molar-refractivity contribution in [2.45, 2.75) is 44.9 Å². The summed E-state index contributed by atoms with van der Waals surface area (Å²) in [6.45, 7) is 4.53. The van der Waals surface area contributed by atoms with E-state index in [0.717, 1.165) is 12.8 Å². The number of phenols is 1. The molecule has 120 valence electrons. The van der Waals surface area contributed by atoms with Crippen molar-refractivity contribution in [2.75, 3.05) is 5.32 Å². The fourth-order valence-electron chi connectivity index (χ4n) is 3.33. The third kappa shape index (κ3) is 3.39. The Morgan fingerprint density at radius 1 is 1.09 bits per heavy atom. The summed E-state index contributed by atoms with van der Waals surface area (Å²) in [6.07, 6.45) is 4.70. The molecule has 0 unspecified atom stereocenters. The Labute approximate surface area is 137 Å². The van der Waals surface area contributed by atoms with Gasteiger partial charge in [-0.15, -0.1) is 0 Å². The predicted octanol–water partition coefficient (Wildman–Crippen LogP) is 4.65. The topological polar surface area (TPSA) is 49.3 Å². The van der Waals surface area contributed by atoms with Crippen LogP contribution in [-0.2, 0) is 11.8 Å². The Hall–Kier alpha value is -2.29. The third-order valence-electron chi connectivity index (χ3n) is 4.72. The average Bonchev–Trinajstić information content (AvgIpc) is 2.68. The van der Waals surface area contributed by atoms with Crippen molar-refractivity contribution in [1.82, 2.24) is 0 Å². The van der Waals surface area contributed by atoms with Crippen LogP contribution in [0.1, 0.15) is 54.6 Å². The van der Waals surface area contributed by atoms with E-state index in [4.69, 9.17) is 0 Å². The summed E-state index contributed by atoms with van der Waals surface area (Å²) in [6, 6.07) is 12.6. The molecule has 1 aliphatic carbocycles. The lowest BCUT2D eigenvalue weighted by molar-refractivity contribution is 0.102. The van der Waals surface area contributed by atoms with Crippen LogP contribution in [0.3, 0.4) is 0 Å². The fourth-order valence-corrected chi connectivity index (χ4v) is 3.33. The first-order chi connectivity index (χ1) is 11.0. The number of carbonyl (C=O) groups excluding carboxylic acids is 1. The van der Waals surface area contributed by atoms with Crippen LogP contribution in [0.4, 0.5) is 5.69 Å². The minimum atomic E-state index is -0.112. The Kier molecular flexibility index (Phi) is 4.12. The van der Waals surface area contributed by atoms with Crippen LogP contribution in [0.15, 0.2) is 42.5 Å². The number of aryl methyl sites for hydroxylation is 1. The standard InChI is InChI=1S/C20H23NO2/c1-20(2)12-4-3-5-14-6-7-15(13-18(14)20)19(23)21-16-8-10-17(22)11-9-16/h6-11,13,22H,3-5,12H2,1-2H3,(H,21,23). The summed E-state index contributed by atoms with van der Waals surface area (Å²) < 4.78 is 0. The number of anilines is 1. The van der Waals surface area contributed by atoms with Crippen molar-refractivity contribution in [2.24, 2.45) is 0 Å². The number of fused-ring (bicyclic) bond motifs is 1. The monoisotopic (exact) mass is 309 g/mol. The Morgan fingerprint density at radius 3 is 2.57 bits per heavy atom. The molecule has 3 rings (SSSR count). The minimum absolute atomic E-state index is 0.112. The highest BCUT2D eigenvalue weighted by Gasteiger charge is 2.26. The Bertz CT molecular complexity index is 717. The normalized spacial score (nSPS) is 16.3. The van der Waals surface area contributed by atoms with E-state index in [1.54, 1.807) is 24.3 Å². The Balaban J connectivity index is 1.87. The summed E-state index contributed by atoms with van der Waals surface area (Å²) in [4.78, 5) is 12.5. The molecule has 2 aromatic carbocycles. The molecule has 1 aliphatic rings. The zero-order chi connectivity index (χ0) is 16.4. The van der Waals surface area contributed by atoms with Crippen molar-refractivity contribution < 1.29 is 9.90 Å². The number of hydrogen-bond donors (Lipinski definition) is 2. The van der Waals surface area contributed by atoms with Crippen LogP contribution in [0.5, 0.6) is 5.75 Å². The number of carbonyl (C=O) groups is 1. The van der Waals surface area contributed by atoms with Gasteiger partial charge in [0.25, 0.3) is 5.91 Å². The molecule has 0 saturated carbocycles. The number of phenolic OH excluding ortho intramolecular Hbond substituents is 1. The van der Waals surface area contributed by atoms with E-state index in [1.807, 2.05) is 6.07 Å². The van der Waals surface area contributed by atoms with E-state index in [2.05, 4.69) is 31.3 Å². The summed E-state index contributed by atoms with van der Waals surface area (Å²) in [5.41, 5.74) is 4.15. The van der Waals surface area contributed by atoms with Crippen molar-refractivity contribution >= 4 is 11.6 Å². The highest BCUT2D eigenvalue weighted by Crippen LogP contribution is 2.36. The van der Waals surface area contributed by atoms with Gasteiger partial charge in [0, 0.05) is 11.3 Å². The molecular formula is C20H23NO2. The van der Waals surface area contributed by atoms with Gasteiger partial charge >= 0.3 is 0 Å². The van der Waals surface area contributed by atoms with E-state index in [0.29, 0.717) is 11.3 Å². The number of hydrogen-bond acceptors (Lipinski definition) is 2. The van der Waals surface area contributed by atoms with Gasteiger partial charge in [-0.25, -0.2) is 0 Å². The van der Waals surface area contributed by atoms with Gasteiger partial charge in [0.05, 0.1) is 0 Å². The predicted molar refractivity (Wildman–Crippen MR) is 93.1 cm³/mol. The quantitative estimate of drug-likeness (QED) is 0.626. The van der Waals surface area contributed by atoms with Crippen LogP contribution in [0.25, 0.3) is 0 Å². The molecule has 0 heterocycles. The van der Waals surface area contributed by atoms with Crippen LogP contribution >= 0.6 is 0 Å². The molecular weight excluding hydrogens is 286 g/mol. The summed E-state index contributed by atoms with van der Waals surface area (Å²) in [7, 11) is 0. The van der Waals surface area contributed by atoms with Gasteiger partial charge in [0.1, 0.15) is 5.75 Å². The van der Waals surface area contributed by atoms with Gasteiger partial charge in [-0.2, -0.15) is 0 Å². The maximum absolute atomic E-state index is 12.5. The zero-order valence-electron chi connectivity index (χ0n) is 13.7. The van der Waals surface area contributed by atoms with Gasteiger partial charge in [-0.1, -0.05) is 26.3 Å². The molecule has 2 aromatic rings. The molecule has 2 N–H and O–H groups in total. The molecule has 1 amide bonds. The van der Waals surface area contributed by atoms with Gasteiger partial charge in [0.2, 0.25) is 0 Å². The first-order valence-electron chi connectivity index (χ1n) is 8.19. The minimum Gasteiger partial charge on any atom is -0.508 e. The second-order valence-electron chi connectivity index (χ2n) is 6.96. The Morgan fingerprint density at radius 2 is 1.83 bits per heavy atom. The number of nitrogens with one attached hydrogen (secondary N) is 1. The maximum Gasteiger partial charge on any atom is 0.255 e. The molecule has 23 heavy (non-hydrogen) atoms. The number of aromatic hydroxyl groups is 1. The lowest BCUT2D eigenvalue weighted by atomic mass is 9.79. The smallest absolute Gasteiger partial charge is 0.255 e. The molecule has 0 fully saturated rings. The second kappa shape index (κ2) is 6.07. The molecule has 0 radical (unpaired) electrons. The molecule has 0 aliphatic heterocycles. The van der Waals surface area contributed by atoms with E-state index in [9.17, 15) is 9.90 Å². The van der Waals surface area contributed by atoms with E-state index >= 15 is 0 Å². The van der Waals surface area contributed by atoms with Gasteiger partial charge in [-0.3, -0.25) is 4.79 Å². The van der Waals surface area contributed by atoms with Gasteiger partial charge in [0.15, 0.2) is 0 Å². The highest BCUT2D eigenvalue weighted by atomic mass is 16.3. The SMILES string of the molecule is CC1(C)CCCCc2ccc(C(=O)Nc3ccc(O)cc3)cc21. The summed E-state index contributed by atoms with van der Waals surface area (Å²) in [5.74, 6) is 0.0771. The molecule has 0 aromatic heterocycles. The number of amides is 1. The van der Waals surface area contributed by atoms with Crippen LogP contribution in [-0.4, -0.2) is 11.0 Å². The summed E-state index contributed by atoms with van der Waals surface area (Å²) in [5, 5.41) is 12.2. The lowest BCUT2D eigenvalue weighted by Gasteiger charge is -2.26. The third-order valence-corrected chi connectivity index (χ3v) is 4.72. The first kappa shape index (κ1) is 15.6. The molecule has 3 heteroatoms. The summed E-state index contributed by atoms with van der Waals surface area (Å²) >= 11 is 0. The van der Waals surface area contributed by atoms with E-state index in [1.165, 1.54) is 24.0 Å². The van der Waals surface area contributed by atoms with Crippen molar-refractivity contribution in [3.8, 4) is 5.75 Å². The largest absolute Gasteiger partial charge is 0.508 e. The first-order valence-corrected chi connectivity index (χ1v) is 8.19. The molecule has 0 saturated heterocycles. The van der Waals surface area contributed by atoms with Crippen LogP contribution in [0, 0.1) is 0 Å². The van der Waals surface area contributed by atoms with E-state index < -0.39 is 0 Å². The molecule has 0 bridgehead atoms. The zero-order valence-corrected chi connectivity index (χ0v) is 13.7. The van der Waals surface area contributed by atoms with E-state index in [-0.39, 0.29) is 17.1 Å². The number of benzene rings is 2. The van der Waals surface area contributed by atoms with Crippen molar-refractivity contribution in [1.29, 1.82) is 0 Å². The number of rotatable bonds is 2. The van der Waals surface area contributed by atoms with Gasteiger partial charge in [-0.05, 0) is 72.2 Å². The van der Waals surface area contributed by atoms with Gasteiger partial charge < -0.3 is 10.4 Å².